The number of hydrogen-bond acceptors (Lipinski definition) is 3. The first-order chi connectivity index (χ1) is 9.56. The Labute approximate surface area is 120 Å². The fraction of sp³-hybridized carbons (Fsp3) is 0.438. The van der Waals surface area contributed by atoms with Crippen LogP contribution in [0.5, 0.6) is 0 Å². The van der Waals surface area contributed by atoms with Gasteiger partial charge in [0.05, 0.1) is 0 Å². The van der Waals surface area contributed by atoms with Crippen molar-refractivity contribution in [3.8, 4) is 0 Å². The van der Waals surface area contributed by atoms with Gasteiger partial charge in [-0.3, -0.25) is 9.69 Å². The van der Waals surface area contributed by atoms with Gasteiger partial charge in [-0.1, -0.05) is 12.1 Å². The van der Waals surface area contributed by atoms with E-state index in [9.17, 15) is 4.79 Å². The van der Waals surface area contributed by atoms with Crippen molar-refractivity contribution in [2.45, 2.75) is 19.9 Å². The number of amides is 1. The zero-order valence-corrected chi connectivity index (χ0v) is 12.2. The molecular weight excluding hydrogens is 250 g/mol. The SMILES string of the molecule is CC(C)N1CCN(C(=O)/C=C/c2cccc(N)c2)CC1. The average molecular weight is 273 g/mol. The summed E-state index contributed by atoms with van der Waals surface area (Å²) in [4.78, 5) is 16.4. The van der Waals surface area contributed by atoms with Gasteiger partial charge in [0.15, 0.2) is 0 Å². The zero-order valence-electron chi connectivity index (χ0n) is 12.2. The first-order valence-corrected chi connectivity index (χ1v) is 7.13. The second-order valence-electron chi connectivity index (χ2n) is 5.46. The zero-order chi connectivity index (χ0) is 14.5. The molecular formula is C16H23N3O. The van der Waals surface area contributed by atoms with Crippen LogP contribution < -0.4 is 5.73 Å². The van der Waals surface area contributed by atoms with Crippen molar-refractivity contribution in [2.24, 2.45) is 0 Å². The quantitative estimate of drug-likeness (QED) is 0.675. The number of carbonyl (C=O) groups excluding carboxylic acids is 1. The summed E-state index contributed by atoms with van der Waals surface area (Å²) in [6, 6.07) is 8.08. The second-order valence-corrected chi connectivity index (χ2v) is 5.46. The molecule has 1 amide bonds. The third-order valence-electron chi connectivity index (χ3n) is 3.69. The van der Waals surface area contributed by atoms with Crippen LogP contribution in [0.1, 0.15) is 19.4 Å². The molecule has 1 aliphatic heterocycles. The molecule has 0 aromatic heterocycles. The Balaban J connectivity index is 1.90. The summed E-state index contributed by atoms with van der Waals surface area (Å²) in [5.74, 6) is 0.0795. The van der Waals surface area contributed by atoms with E-state index in [4.69, 9.17) is 5.73 Å². The minimum Gasteiger partial charge on any atom is -0.399 e. The van der Waals surface area contributed by atoms with Crippen LogP contribution >= 0.6 is 0 Å². The minimum atomic E-state index is 0.0795. The number of piperazine rings is 1. The number of carbonyl (C=O) groups is 1. The maximum Gasteiger partial charge on any atom is 0.246 e. The Bertz CT molecular complexity index is 488. The first kappa shape index (κ1) is 14.6. The number of nitrogens with zero attached hydrogens (tertiary/aromatic N) is 2. The molecule has 4 heteroatoms. The molecule has 20 heavy (non-hydrogen) atoms. The molecule has 1 saturated heterocycles. The topological polar surface area (TPSA) is 49.6 Å². The molecule has 4 nitrogen and oxygen atoms in total. The van der Waals surface area contributed by atoms with Gasteiger partial charge in [0, 0.05) is 44.0 Å². The molecule has 1 aliphatic rings. The fourth-order valence-electron chi connectivity index (χ4n) is 2.39. The molecule has 1 heterocycles. The van der Waals surface area contributed by atoms with E-state index in [0.29, 0.717) is 11.7 Å². The van der Waals surface area contributed by atoms with E-state index >= 15 is 0 Å². The number of nitrogen functional groups attached to an aromatic ring is 1. The Morgan fingerprint density at radius 3 is 2.55 bits per heavy atom. The fourth-order valence-corrected chi connectivity index (χ4v) is 2.39. The summed E-state index contributed by atoms with van der Waals surface area (Å²) in [7, 11) is 0. The highest BCUT2D eigenvalue weighted by molar-refractivity contribution is 5.92. The van der Waals surface area contributed by atoms with Crippen LogP contribution in [0.3, 0.4) is 0 Å². The monoisotopic (exact) mass is 273 g/mol. The number of rotatable bonds is 3. The standard InChI is InChI=1S/C16H23N3O/c1-13(2)18-8-10-19(11-9-18)16(20)7-6-14-4-3-5-15(17)12-14/h3-7,12-13H,8-11,17H2,1-2H3/b7-6+. The molecule has 0 aliphatic carbocycles. The lowest BCUT2D eigenvalue weighted by molar-refractivity contribution is -0.127. The van der Waals surface area contributed by atoms with Crippen LogP contribution in [-0.2, 0) is 4.79 Å². The maximum atomic E-state index is 12.1. The lowest BCUT2D eigenvalue weighted by Gasteiger charge is -2.36. The van der Waals surface area contributed by atoms with Crippen molar-refractivity contribution < 1.29 is 4.79 Å². The van der Waals surface area contributed by atoms with E-state index in [1.165, 1.54) is 0 Å². The van der Waals surface area contributed by atoms with Gasteiger partial charge in [-0.25, -0.2) is 0 Å². The molecule has 108 valence electrons. The molecule has 2 N–H and O–H groups in total. The van der Waals surface area contributed by atoms with E-state index in [1.807, 2.05) is 35.2 Å². The number of benzene rings is 1. The minimum absolute atomic E-state index is 0.0795. The van der Waals surface area contributed by atoms with Crippen LogP contribution in [-0.4, -0.2) is 47.9 Å². The number of hydrogen-bond donors (Lipinski definition) is 1. The van der Waals surface area contributed by atoms with E-state index < -0.39 is 0 Å². The van der Waals surface area contributed by atoms with E-state index in [1.54, 1.807) is 6.08 Å². The molecule has 0 atom stereocenters. The van der Waals surface area contributed by atoms with Crippen molar-refractivity contribution in [3.63, 3.8) is 0 Å². The van der Waals surface area contributed by atoms with Gasteiger partial charge in [0.1, 0.15) is 0 Å². The van der Waals surface area contributed by atoms with E-state index in [2.05, 4.69) is 18.7 Å². The van der Waals surface area contributed by atoms with Crippen molar-refractivity contribution in [3.05, 3.63) is 35.9 Å². The molecule has 2 rings (SSSR count). The predicted molar refractivity (Wildman–Crippen MR) is 83.2 cm³/mol. The lowest BCUT2D eigenvalue weighted by atomic mass is 10.2. The summed E-state index contributed by atoms with van der Waals surface area (Å²) in [6.45, 7) is 7.90. The van der Waals surface area contributed by atoms with Gasteiger partial charge in [-0.05, 0) is 37.6 Å². The van der Waals surface area contributed by atoms with Crippen molar-refractivity contribution in [2.75, 3.05) is 31.9 Å². The number of nitrogens with two attached hydrogens (primary N) is 1. The molecule has 0 spiro atoms. The summed E-state index contributed by atoms with van der Waals surface area (Å²) in [6.07, 6.45) is 3.47. The third kappa shape index (κ3) is 3.84. The van der Waals surface area contributed by atoms with Crippen LogP contribution in [0.2, 0.25) is 0 Å². The molecule has 1 aromatic rings. The Morgan fingerprint density at radius 2 is 1.95 bits per heavy atom. The Kier molecular flexibility index (Phi) is 4.79. The Hall–Kier alpha value is -1.81. The van der Waals surface area contributed by atoms with Crippen LogP contribution in [0.15, 0.2) is 30.3 Å². The van der Waals surface area contributed by atoms with Crippen molar-refractivity contribution in [1.29, 1.82) is 0 Å². The first-order valence-electron chi connectivity index (χ1n) is 7.13. The highest BCUT2D eigenvalue weighted by Crippen LogP contribution is 2.10. The lowest BCUT2D eigenvalue weighted by Crippen LogP contribution is -2.50. The van der Waals surface area contributed by atoms with Gasteiger partial charge < -0.3 is 10.6 Å². The van der Waals surface area contributed by atoms with E-state index in [-0.39, 0.29) is 5.91 Å². The second kappa shape index (κ2) is 6.57. The average Bonchev–Trinajstić information content (AvgIpc) is 2.45. The van der Waals surface area contributed by atoms with Gasteiger partial charge in [-0.15, -0.1) is 0 Å². The molecule has 0 saturated carbocycles. The van der Waals surface area contributed by atoms with Crippen LogP contribution in [0.4, 0.5) is 5.69 Å². The van der Waals surface area contributed by atoms with E-state index in [0.717, 1.165) is 31.7 Å². The van der Waals surface area contributed by atoms with Gasteiger partial charge in [-0.2, -0.15) is 0 Å². The summed E-state index contributed by atoms with van der Waals surface area (Å²) < 4.78 is 0. The molecule has 0 unspecified atom stereocenters. The van der Waals surface area contributed by atoms with Gasteiger partial charge in [0.2, 0.25) is 5.91 Å². The third-order valence-corrected chi connectivity index (χ3v) is 3.69. The molecule has 1 fully saturated rings. The van der Waals surface area contributed by atoms with Crippen molar-refractivity contribution in [1.82, 2.24) is 9.80 Å². The number of anilines is 1. The largest absolute Gasteiger partial charge is 0.399 e. The predicted octanol–water partition coefficient (Wildman–Crippen LogP) is 1.83. The smallest absolute Gasteiger partial charge is 0.246 e. The molecule has 0 radical (unpaired) electrons. The normalized spacial score (nSPS) is 17.1. The van der Waals surface area contributed by atoms with Gasteiger partial charge >= 0.3 is 0 Å². The summed E-state index contributed by atoms with van der Waals surface area (Å²) in [5, 5.41) is 0. The molecule has 0 bridgehead atoms. The summed E-state index contributed by atoms with van der Waals surface area (Å²) >= 11 is 0. The summed E-state index contributed by atoms with van der Waals surface area (Å²) in [5.41, 5.74) is 7.39. The highest BCUT2D eigenvalue weighted by atomic mass is 16.2. The van der Waals surface area contributed by atoms with Crippen LogP contribution in [0.25, 0.3) is 6.08 Å². The van der Waals surface area contributed by atoms with Gasteiger partial charge in [0.25, 0.3) is 0 Å². The Morgan fingerprint density at radius 1 is 1.25 bits per heavy atom. The highest BCUT2D eigenvalue weighted by Gasteiger charge is 2.20. The molecule has 1 aromatic carbocycles. The van der Waals surface area contributed by atoms with Crippen LogP contribution in [0, 0.1) is 0 Å². The maximum absolute atomic E-state index is 12.1. The van der Waals surface area contributed by atoms with Crippen molar-refractivity contribution >= 4 is 17.7 Å².